The summed E-state index contributed by atoms with van der Waals surface area (Å²) in [5.41, 5.74) is 1.01. The molecule has 1 aromatic carbocycles. The quantitative estimate of drug-likeness (QED) is 0.431. The van der Waals surface area contributed by atoms with Gasteiger partial charge in [-0.2, -0.15) is 0 Å². The van der Waals surface area contributed by atoms with Crippen molar-refractivity contribution in [1.82, 2.24) is 0 Å². The summed E-state index contributed by atoms with van der Waals surface area (Å²) < 4.78 is 15.3. The molecule has 4 heteroatoms. The lowest BCUT2D eigenvalue weighted by atomic mass is 10.1. The Bertz CT molecular complexity index is 382. The topological polar surface area (TPSA) is 48.1 Å². The summed E-state index contributed by atoms with van der Waals surface area (Å²) in [5, 5.41) is 0. The molecule has 0 radical (unpaired) electrons. The van der Waals surface area contributed by atoms with Crippen molar-refractivity contribution >= 4 is 5.97 Å². The van der Waals surface area contributed by atoms with Crippen molar-refractivity contribution in [2.24, 2.45) is 0 Å². The predicted octanol–water partition coefficient (Wildman–Crippen LogP) is 1.69. The highest BCUT2D eigenvalue weighted by atomic mass is 16.6. The van der Waals surface area contributed by atoms with Crippen LogP contribution in [0, 0.1) is 0 Å². The Balaban J connectivity index is 2.29. The van der Waals surface area contributed by atoms with Gasteiger partial charge in [0, 0.05) is 6.92 Å². The summed E-state index contributed by atoms with van der Waals surface area (Å²) in [6, 6.07) is 5.46. The molecule has 15 heavy (non-hydrogen) atoms. The fourth-order valence-electron chi connectivity index (χ4n) is 1.37. The first kappa shape index (κ1) is 9.98. The molecule has 2 rings (SSSR count). The van der Waals surface area contributed by atoms with Crippen molar-refractivity contribution in [2.45, 2.75) is 13.0 Å². The molecule has 0 N–H and O–H groups in total. The monoisotopic (exact) mass is 208 g/mol. The van der Waals surface area contributed by atoms with Crippen molar-refractivity contribution in [1.29, 1.82) is 0 Å². The van der Waals surface area contributed by atoms with Gasteiger partial charge in [-0.05, 0) is 17.7 Å². The number of benzene rings is 1. The van der Waals surface area contributed by atoms with Gasteiger partial charge < -0.3 is 14.2 Å². The van der Waals surface area contributed by atoms with E-state index in [1.807, 2.05) is 6.07 Å². The Labute approximate surface area is 87.8 Å². The molecular formula is C11H12O4. The summed E-state index contributed by atoms with van der Waals surface area (Å²) in [6.07, 6.45) is 0.144. The van der Waals surface area contributed by atoms with E-state index >= 15 is 0 Å². The number of esters is 1. The first-order chi connectivity index (χ1) is 7.20. The maximum atomic E-state index is 10.9. The van der Waals surface area contributed by atoms with Gasteiger partial charge in [-0.1, -0.05) is 6.07 Å². The van der Waals surface area contributed by atoms with Gasteiger partial charge >= 0.3 is 5.97 Å². The van der Waals surface area contributed by atoms with Crippen molar-refractivity contribution in [2.75, 3.05) is 13.7 Å². The number of ether oxygens (including phenoxy) is 3. The zero-order valence-electron chi connectivity index (χ0n) is 8.65. The average Bonchev–Trinajstić information content (AvgIpc) is 3.00. The third kappa shape index (κ3) is 2.27. The van der Waals surface area contributed by atoms with Crippen LogP contribution in [0.4, 0.5) is 0 Å². The van der Waals surface area contributed by atoms with Crippen molar-refractivity contribution in [3.63, 3.8) is 0 Å². The highest BCUT2D eigenvalue weighted by Gasteiger charge is 2.26. The number of hydrogen-bond acceptors (Lipinski definition) is 4. The fourth-order valence-corrected chi connectivity index (χ4v) is 1.37. The van der Waals surface area contributed by atoms with Crippen LogP contribution in [0.2, 0.25) is 0 Å². The molecule has 0 bridgehead atoms. The van der Waals surface area contributed by atoms with E-state index in [4.69, 9.17) is 14.2 Å². The molecule has 1 saturated heterocycles. The van der Waals surface area contributed by atoms with Gasteiger partial charge in [0.2, 0.25) is 0 Å². The standard InChI is InChI=1S/C11H12O4/c1-7(12)15-10-5-8(11-6-14-11)3-4-9(10)13-2/h3-5,11H,6H2,1-2H3. The Morgan fingerprint density at radius 1 is 1.47 bits per heavy atom. The van der Waals surface area contributed by atoms with E-state index in [2.05, 4.69) is 0 Å². The number of epoxide rings is 1. The maximum Gasteiger partial charge on any atom is 0.308 e. The van der Waals surface area contributed by atoms with E-state index in [-0.39, 0.29) is 12.1 Å². The molecular weight excluding hydrogens is 196 g/mol. The van der Waals surface area contributed by atoms with Crippen LogP contribution in [-0.2, 0) is 9.53 Å². The lowest BCUT2D eigenvalue weighted by Crippen LogP contribution is -2.03. The second-order valence-corrected chi connectivity index (χ2v) is 3.33. The number of methoxy groups -OCH3 is 1. The molecule has 0 saturated carbocycles. The van der Waals surface area contributed by atoms with E-state index in [1.54, 1.807) is 12.1 Å². The molecule has 4 nitrogen and oxygen atoms in total. The van der Waals surface area contributed by atoms with Gasteiger partial charge in [-0.15, -0.1) is 0 Å². The van der Waals surface area contributed by atoms with Crippen molar-refractivity contribution < 1.29 is 19.0 Å². The van der Waals surface area contributed by atoms with Crippen LogP contribution in [0.15, 0.2) is 18.2 Å². The van der Waals surface area contributed by atoms with Gasteiger partial charge in [0.1, 0.15) is 6.10 Å². The number of carbonyl (C=O) groups is 1. The molecule has 1 aliphatic heterocycles. The molecule has 1 aliphatic rings. The second kappa shape index (κ2) is 3.90. The molecule has 0 aliphatic carbocycles. The first-order valence-corrected chi connectivity index (χ1v) is 4.68. The molecule has 1 heterocycles. The van der Waals surface area contributed by atoms with Crippen LogP contribution in [-0.4, -0.2) is 19.7 Å². The first-order valence-electron chi connectivity index (χ1n) is 4.68. The summed E-state index contributed by atoms with van der Waals surface area (Å²) in [7, 11) is 1.54. The molecule has 1 unspecified atom stereocenters. The minimum Gasteiger partial charge on any atom is -0.493 e. The van der Waals surface area contributed by atoms with Crippen molar-refractivity contribution in [3.05, 3.63) is 23.8 Å². The average molecular weight is 208 g/mol. The summed E-state index contributed by atoms with van der Waals surface area (Å²) >= 11 is 0. The van der Waals surface area contributed by atoms with Crippen LogP contribution in [0.25, 0.3) is 0 Å². The van der Waals surface area contributed by atoms with E-state index in [0.29, 0.717) is 11.5 Å². The minimum atomic E-state index is -0.359. The zero-order chi connectivity index (χ0) is 10.8. The lowest BCUT2D eigenvalue weighted by Gasteiger charge is -2.08. The number of rotatable bonds is 3. The van der Waals surface area contributed by atoms with Gasteiger partial charge in [0.15, 0.2) is 11.5 Å². The SMILES string of the molecule is COc1ccc(C2CO2)cc1OC(C)=O. The van der Waals surface area contributed by atoms with Gasteiger partial charge in [-0.3, -0.25) is 4.79 Å². The molecule has 1 fully saturated rings. The third-order valence-corrected chi connectivity index (χ3v) is 2.15. The van der Waals surface area contributed by atoms with Crippen LogP contribution >= 0.6 is 0 Å². The maximum absolute atomic E-state index is 10.9. The van der Waals surface area contributed by atoms with E-state index in [1.165, 1.54) is 14.0 Å². The Morgan fingerprint density at radius 3 is 2.73 bits per heavy atom. The Morgan fingerprint density at radius 2 is 2.20 bits per heavy atom. The normalized spacial score (nSPS) is 18.4. The van der Waals surface area contributed by atoms with Gasteiger partial charge in [-0.25, -0.2) is 0 Å². The van der Waals surface area contributed by atoms with Crippen LogP contribution in [0.1, 0.15) is 18.6 Å². The minimum absolute atomic E-state index is 0.144. The van der Waals surface area contributed by atoms with E-state index in [9.17, 15) is 4.79 Å². The summed E-state index contributed by atoms with van der Waals surface area (Å²) in [5.74, 6) is 0.634. The van der Waals surface area contributed by atoms with Crippen LogP contribution in [0.5, 0.6) is 11.5 Å². The number of carbonyl (C=O) groups excluding carboxylic acids is 1. The van der Waals surface area contributed by atoms with Crippen LogP contribution in [0.3, 0.4) is 0 Å². The van der Waals surface area contributed by atoms with Gasteiger partial charge in [0.25, 0.3) is 0 Å². The highest BCUT2D eigenvalue weighted by molar-refractivity contribution is 5.70. The molecule has 1 aromatic rings. The molecule has 0 amide bonds. The van der Waals surface area contributed by atoms with Gasteiger partial charge in [0.05, 0.1) is 13.7 Å². The summed E-state index contributed by atoms with van der Waals surface area (Å²) in [6.45, 7) is 2.09. The summed E-state index contributed by atoms with van der Waals surface area (Å²) in [4.78, 5) is 10.9. The second-order valence-electron chi connectivity index (χ2n) is 3.33. The van der Waals surface area contributed by atoms with Crippen LogP contribution < -0.4 is 9.47 Å². The molecule has 0 spiro atoms. The highest BCUT2D eigenvalue weighted by Crippen LogP contribution is 2.36. The van der Waals surface area contributed by atoms with Crippen molar-refractivity contribution in [3.8, 4) is 11.5 Å². The smallest absolute Gasteiger partial charge is 0.308 e. The Kier molecular flexibility index (Phi) is 2.60. The lowest BCUT2D eigenvalue weighted by molar-refractivity contribution is -0.132. The Hall–Kier alpha value is -1.55. The zero-order valence-corrected chi connectivity index (χ0v) is 8.65. The van der Waals surface area contributed by atoms with E-state index < -0.39 is 0 Å². The fraction of sp³-hybridized carbons (Fsp3) is 0.364. The molecule has 0 aromatic heterocycles. The largest absolute Gasteiger partial charge is 0.493 e. The predicted molar refractivity (Wildman–Crippen MR) is 53.0 cm³/mol. The number of hydrogen-bond donors (Lipinski definition) is 0. The third-order valence-electron chi connectivity index (χ3n) is 2.15. The van der Waals surface area contributed by atoms with E-state index in [0.717, 1.165) is 12.2 Å². The molecule has 1 atom stereocenters. The molecule has 80 valence electrons.